The van der Waals surface area contributed by atoms with Gasteiger partial charge in [0.25, 0.3) is 5.56 Å². The zero-order valence-electron chi connectivity index (χ0n) is 15.6. The first-order valence-corrected chi connectivity index (χ1v) is 9.02. The minimum absolute atomic E-state index is 0.0145. The van der Waals surface area contributed by atoms with E-state index in [1.807, 2.05) is 18.3 Å². The molecule has 5 nitrogen and oxygen atoms in total. The molecule has 0 amide bonds. The third kappa shape index (κ3) is 3.66. The summed E-state index contributed by atoms with van der Waals surface area (Å²) in [6.07, 6.45) is 6.52. The van der Waals surface area contributed by atoms with E-state index in [9.17, 15) is 9.59 Å². The summed E-state index contributed by atoms with van der Waals surface area (Å²) in [5, 5.41) is 0. The summed E-state index contributed by atoms with van der Waals surface area (Å²) in [6, 6.07) is 3.89. The summed E-state index contributed by atoms with van der Waals surface area (Å²) in [5.74, 6) is 0.184. The fourth-order valence-electron chi connectivity index (χ4n) is 3.55. The fourth-order valence-corrected chi connectivity index (χ4v) is 3.55. The van der Waals surface area contributed by atoms with Gasteiger partial charge in [-0.1, -0.05) is 27.2 Å². The molecule has 1 saturated heterocycles. The van der Waals surface area contributed by atoms with E-state index in [-0.39, 0.29) is 22.8 Å². The van der Waals surface area contributed by atoms with Crippen molar-refractivity contribution in [3.63, 3.8) is 0 Å². The number of ketones is 1. The maximum Gasteiger partial charge on any atom is 0.262 e. The highest BCUT2D eigenvalue weighted by Gasteiger charge is 2.26. The molecule has 0 saturated carbocycles. The first-order chi connectivity index (χ1) is 11.8. The molecule has 25 heavy (non-hydrogen) atoms. The number of pyridine rings is 1. The summed E-state index contributed by atoms with van der Waals surface area (Å²) in [5.41, 5.74) is 2.44. The lowest BCUT2D eigenvalue weighted by Gasteiger charge is -2.33. The molecule has 0 bridgehead atoms. The average Bonchev–Trinajstić information content (AvgIpc) is 2.56. The van der Waals surface area contributed by atoms with Crippen LogP contribution in [0.3, 0.4) is 0 Å². The number of aromatic nitrogens is 2. The van der Waals surface area contributed by atoms with Crippen molar-refractivity contribution < 1.29 is 4.79 Å². The minimum atomic E-state index is -0.0721. The number of hydrogen-bond donors (Lipinski definition) is 0. The number of nitrogens with zero attached hydrogens (tertiary/aromatic N) is 3. The van der Waals surface area contributed by atoms with Gasteiger partial charge >= 0.3 is 0 Å². The molecule has 0 aliphatic carbocycles. The van der Waals surface area contributed by atoms with Gasteiger partial charge in [-0.2, -0.15) is 0 Å². The van der Waals surface area contributed by atoms with Crippen LogP contribution in [0.5, 0.6) is 0 Å². The van der Waals surface area contributed by atoms with Crippen LogP contribution in [0.4, 0.5) is 0 Å². The van der Waals surface area contributed by atoms with Crippen LogP contribution in [0.2, 0.25) is 0 Å². The molecule has 1 aliphatic heterocycles. The maximum atomic E-state index is 12.9. The van der Waals surface area contributed by atoms with E-state index in [1.165, 1.54) is 0 Å². The van der Waals surface area contributed by atoms with E-state index in [4.69, 9.17) is 0 Å². The molecule has 1 fully saturated rings. The summed E-state index contributed by atoms with van der Waals surface area (Å²) >= 11 is 0. The largest absolute Gasteiger partial charge is 0.298 e. The normalized spacial score (nSPS) is 19.3. The smallest absolute Gasteiger partial charge is 0.262 e. The molecule has 0 radical (unpaired) electrons. The van der Waals surface area contributed by atoms with Crippen molar-refractivity contribution in [3.8, 4) is 0 Å². The number of carbonyl (C=O) groups is 1. The Hall–Kier alpha value is -2.01. The molecular formula is C20H27N3O2. The van der Waals surface area contributed by atoms with Gasteiger partial charge in [0.2, 0.25) is 0 Å². The molecule has 3 rings (SSSR count). The Bertz CT molecular complexity index is 848. The second-order valence-corrected chi connectivity index (χ2v) is 8.07. The van der Waals surface area contributed by atoms with Gasteiger partial charge in [-0.15, -0.1) is 0 Å². The van der Waals surface area contributed by atoms with Gasteiger partial charge in [0.05, 0.1) is 11.6 Å². The van der Waals surface area contributed by atoms with Crippen molar-refractivity contribution in [2.24, 2.45) is 0 Å². The molecular weight excluding hydrogens is 314 g/mol. The third-order valence-corrected chi connectivity index (χ3v) is 5.10. The highest BCUT2D eigenvalue weighted by Crippen LogP contribution is 2.23. The molecule has 1 atom stereocenters. The Kier molecular flexibility index (Phi) is 4.78. The highest BCUT2D eigenvalue weighted by atomic mass is 16.1. The van der Waals surface area contributed by atoms with Crippen LogP contribution >= 0.6 is 0 Å². The summed E-state index contributed by atoms with van der Waals surface area (Å²) in [4.78, 5) is 31.4. The van der Waals surface area contributed by atoms with E-state index in [2.05, 4.69) is 30.7 Å². The van der Waals surface area contributed by atoms with E-state index in [1.54, 1.807) is 17.5 Å². The fraction of sp³-hybridized carbons (Fsp3) is 0.550. The molecule has 0 unspecified atom stereocenters. The lowest BCUT2D eigenvalue weighted by molar-refractivity contribution is -0.123. The number of Topliss-reactive ketones (excluding diaryl/α,β-unsaturated/α-hetero) is 1. The van der Waals surface area contributed by atoms with Crippen molar-refractivity contribution in [2.45, 2.75) is 65.0 Å². The van der Waals surface area contributed by atoms with E-state index < -0.39 is 0 Å². The summed E-state index contributed by atoms with van der Waals surface area (Å²) in [7, 11) is 0. The van der Waals surface area contributed by atoms with Gasteiger partial charge in [-0.3, -0.25) is 18.9 Å². The number of fused-ring (bicyclic) bond motifs is 1. The van der Waals surface area contributed by atoms with Gasteiger partial charge in [-0.05, 0) is 49.4 Å². The topological polar surface area (TPSA) is 54.7 Å². The van der Waals surface area contributed by atoms with Crippen LogP contribution in [0, 0.1) is 0 Å². The molecule has 5 heteroatoms. The number of hydrogen-bond acceptors (Lipinski definition) is 4. The molecule has 0 aromatic carbocycles. The maximum absolute atomic E-state index is 12.9. The zero-order chi connectivity index (χ0) is 18.2. The average molecular weight is 341 g/mol. The first-order valence-electron chi connectivity index (χ1n) is 9.02. The van der Waals surface area contributed by atoms with Crippen molar-refractivity contribution in [2.75, 3.05) is 6.54 Å². The number of likely N-dealkylation sites (tertiary alicyclic amines) is 1. The Morgan fingerprint density at radius 1 is 1.32 bits per heavy atom. The summed E-state index contributed by atoms with van der Waals surface area (Å²) < 4.78 is 1.61. The number of carbonyl (C=O) groups excluding carboxylic acids is 1. The van der Waals surface area contributed by atoms with Crippen LogP contribution < -0.4 is 5.56 Å². The van der Waals surface area contributed by atoms with Crippen molar-refractivity contribution in [1.29, 1.82) is 0 Å². The SMILES string of the molecule is CC(=O)[C@@H]1CCCCN1Cc1cnc2cc(C(C)(C)C)ccn2c1=O. The second-order valence-electron chi connectivity index (χ2n) is 8.07. The van der Waals surface area contributed by atoms with Crippen molar-refractivity contribution in [1.82, 2.24) is 14.3 Å². The van der Waals surface area contributed by atoms with Gasteiger partial charge in [-0.25, -0.2) is 4.98 Å². The highest BCUT2D eigenvalue weighted by molar-refractivity contribution is 5.81. The Balaban J connectivity index is 1.94. The van der Waals surface area contributed by atoms with Gasteiger partial charge < -0.3 is 0 Å². The van der Waals surface area contributed by atoms with Gasteiger partial charge in [0.1, 0.15) is 11.4 Å². The quantitative estimate of drug-likeness (QED) is 0.861. The lowest BCUT2D eigenvalue weighted by atomic mass is 9.88. The van der Waals surface area contributed by atoms with Crippen molar-refractivity contribution >= 4 is 11.4 Å². The molecule has 2 aromatic heterocycles. The van der Waals surface area contributed by atoms with E-state index >= 15 is 0 Å². The van der Waals surface area contributed by atoms with Crippen LogP contribution in [-0.2, 0) is 16.8 Å². The monoisotopic (exact) mass is 341 g/mol. The van der Waals surface area contributed by atoms with Gasteiger partial charge in [0.15, 0.2) is 0 Å². The standard InChI is InChI=1S/C20H27N3O2/c1-14(24)17-7-5-6-9-22(17)13-15-12-21-18-11-16(20(2,3)4)8-10-23(18)19(15)25/h8,10-12,17H,5-7,9,13H2,1-4H3/t17-/m0/s1. The van der Waals surface area contributed by atoms with Crippen LogP contribution in [0.1, 0.15) is 58.1 Å². The van der Waals surface area contributed by atoms with Crippen LogP contribution in [-0.4, -0.2) is 32.7 Å². The first kappa shape index (κ1) is 17.8. The number of piperidine rings is 1. The van der Waals surface area contributed by atoms with E-state index in [0.717, 1.165) is 31.4 Å². The van der Waals surface area contributed by atoms with E-state index in [0.29, 0.717) is 17.8 Å². The second kappa shape index (κ2) is 6.71. The predicted octanol–water partition coefficient (Wildman–Crippen LogP) is 2.94. The molecule has 134 valence electrons. The molecule has 0 spiro atoms. The Morgan fingerprint density at radius 2 is 2.08 bits per heavy atom. The zero-order valence-corrected chi connectivity index (χ0v) is 15.6. The summed E-state index contributed by atoms with van der Waals surface area (Å²) in [6.45, 7) is 9.41. The molecule has 3 heterocycles. The Morgan fingerprint density at radius 3 is 2.76 bits per heavy atom. The van der Waals surface area contributed by atoms with Crippen LogP contribution in [0.15, 0.2) is 29.3 Å². The number of rotatable bonds is 3. The van der Waals surface area contributed by atoms with Gasteiger partial charge in [0, 0.05) is 18.9 Å². The van der Waals surface area contributed by atoms with Crippen molar-refractivity contribution in [3.05, 3.63) is 46.0 Å². The Labute approximate surface area is 148 Å². The molecule has 2 aromatic rings. The molecule has 0 N–H and O–H groups in total. The van der Waals surface area contributed by atoms with Crippen LogP contribution in [0.25, 0.3) is 5.65 Å². The minimum Gasteiger partial charge on any atom is -0.298 e. The molecule has 1 aliphatic rings. The third-order valence-electron chi connectivity index (χ3n) is 5.10. The predicted molar refractivity (Wildman–Crippen MR) is 98.9 cm³/mol. The lowest BCUT2D eigenvalue weighted by Crippen LogP contribution is -2.44.